The van der Waals surface area contributed by atoms with Crippen molar-refractivity contribution < 1.29 is 4.79 Å². The van der Waals surface area contributed by atoms with E-state index in [1.54, 1.807) is 12.4 Å². The van der Waals surface area contributed by atoms with Crippen LogP contribution in [0.4, 0.5) is 0 Å². The van der Waals surface area contributed by atoms with Gasteiger partial charge in [0.25, 0.3) is 0 Å². The van der Waals surface area contributed by atoms with Gasteiger partial charge in [-0.05, 0) is 43.2 Å². The van der Waals surface area contributed by atoms with E-state index in [2.05, 4.69) is 15.0 Å². The molecule has 1 aromatic carbocycles. The van der Waals surface area contributed by atoms with Crippen molar-refractivity contribution in [1.29, 1.82) is 0 Å². The van der Waals surface area contributed by atoms with Crippen LogP contribution in [0.1, 0.15) is 17.0 Å². The smallest absolute Gasteiger partial charge is 0.221 e. The van der Waals surface area contributed by atoms with Crippen LogP contribution in [0.5, 0.6) is 0 Å². The summed E-state index contributed by atoms with van der Waals surface area (Å²) in [6.45, 7) is 3.87. The van der Waals surface area contributed by atoms with Crippen molar-refractivity contribution in [2.45, 2.75) is 20.3 Å². The minimum absolute atomic E-state index is 0.239. The van der Waals surface area contributed by atoms with Crippen molar-refractivity contribution in [1.82, 2.24) is 15.0 Å². The second kappa shape index (κ2) is 5.52. The molecule has 0 radical (unpaired) electrons. The standard InChI is InChI=1S/C17H16N4O/c1-10-5-16(13-8-19-11(2)20-9-13)21-15-4-3-12(6-14(10)15)7-17(18)22/h3-6,8-9H,7H2,1-2H3,(H2,18,22). The largest absolute Gasteiger partial charge is 0.369 e. The Labute approximate surface area is 128 Å². The Bertz CT molecular complexity index is 856. The summed E-state index contributed by atoms with van der Waals surface area (Å²) < 4.78 is 0. The molecule has 0 spiro atoms. The molecule has 5 heteroatoms. The molecule has 1 amide bonds. The third-order valence-electron chi connectivity index (χ3n) is 3.53. The summed E-state index contributed by atoms with van der Waals surface area (Å²) in [4.78, 5) is 24.1. The lowest BCUT2D eigenvalue weighted by atomic mass is 10.0. The second-order valence-electron chi connectivity index (χ2n) is 5.34. The fourth-order valence-electron chi connectivity index (χ4n) is 2.43. The van der Waals surface area contributed by atoms with Crippen LogP contribution in [-0.2, 0) is 11.2 Å². The van der Waals surface area contributed by atoms with Crippen LogP contribution in [0.3, 0.4) is 0 Å². The third kappa shape index (κ3) is 2.79. The number of fused-ring (bicyclic) bond motifs is 1. The highest BCUT2D eigenvalue weighted by atomic mass is 16.1. The van der Waals surface area contributed by atoms with E-state index in [1.165, 1.54) is 0 Å². The minimum Gasteiger partial charge on any atom is -0.369 e. The average molecular weight is 292 g/mol. The van der Waals surface area contributed by atoms with Gasteiger partial charge in [0.15, 0.2) is 0 Å². The summed E-state index contributed by atoms with van der Waals surface area (Å²) in [7, 11) is 0. The highest BCUT2D eigenvalue weighted by Crippen LogP contribution is 2.24. The zero-order valence-corrected chi connectivity index (χ0v) is 12.5. The Morgan fingerprint density at radius 1 is 1.14 bits per heavy atom. The molecule has 2 heterocycles. The number of primary amides is 1. The van der Waals surface area contributed by atoms with Gasteiger partial charge in [-0.15, -0.1) is 0 Å². The van der Waals surface area contributed by atoms with E-state index in [-0.39, 0.29) is 12.3 Å². The third-order valence-corrected chi connectivity index (χ3v) is 3.53. The maximum Gasteiger partial charge on any atom is 0.221 e. The Morgan fingerprint density at radius 2 is 1.86 bits per heavy atom. The predicted octanol–water partition coefficient (Wildman–Crippen LogP) is 2.34. The number of hydrogen-bond acceptors (Lipinski definition) is 4. The van der Waals surface area contributed by atoms with Crippen molar-refractivity contribution >= 4 is 16.8 Å². The van der Waals surface area contributed by atoms with Gasteiger partial charge in [0, 0.05) is 23.3 Å². The van der Waals surface area contributed by atoms with Crippen molar-refractivity contribution in [3.8, 4) is 11.3 Å². The number of carbonyl (C=O) groups is 1. The number of nitrogens with zero attached hydrogens (tertiary/aromatic N) is 3. The number of benzene rings is 1. The summed E-state index contributed by atoms with van der Waals surface area (Å²) in [5.74, 6) is 0.399. The van der Waals surface area contributed by atoms with Crippen molar-refractivity contribution in [2.75, 3.05) is 0 Å². The topological polar surface area (TPSA) is 81.8 Å². The molecule has 3 aromatic rings. The van der Waals surface area contributed by atoms with E-state index in [4.69, 9.17) is 5.73 Å². The molecule has 3 rings (SSSR count). The molecule has 0 saturated carbocycles. The van der Waals surface area contributed by atoms with Gasteiger partial charge in [0.05, 0.1) is 17.6 Å². The first-order valence-electron chi connectivity index (χ1n) is 7.00. The van der Waals surface area contributed by atoms with Crippen molar-refractivity contribution in [2.24, 2.45) is 5.73 Å². The fourth-order valence-corrected chi connectivity index (χ4v) is 2.43. The lowest BCUT2D eigenvalue weighted by Crippen LogP contribution is -2.13. The maximum absolute atomic E-state index is 11.0. The van der Waals surface area contributed by atoms with Gasteiger partial charge < -0.3 is 5.73 Å². The molecule has 0 atom stereocenters. The molecule has 0 bridgehead atoms. The SMILES string of the molecule is Cc1ncc(-c2cc(C)c3cc(CC(N)=O)ccc3n2)cn1. The fraction of sp³-hybridized carbons (Fsp3) is 0.176. The Hall–Kier alpha value is -2.82. The lowest BCUT2D eigenvalue weighted by Gasteiger charge is -2.08. The maximum atomic E-state index is 11.0. The van der Waals surface area contributed by atoms with Crippen molar-refractivity contribution in [3.63, 3.8) is 0 Å². The molecule has 0 fully saturated rings. The van der Waals surface area contributed by atoms with Crippen molar-refractivity contribution in [3.05, 3.63) is 53.6 Å². The van der Waals surface area contributed by atoms with Gasteiger partial charge in [-0.3, -0.25) is 4.79 Å². The Balaban J connectivity index is 2.09. The molecule has 0 unspecified atom stereocenters. The molecule has 2 aromatic heterocycles. The van der Waals surface area contributed by atoms with Gasteiger partial charge in [-0.1, -0.05) is 6.07 Å². The Kier molecular flexibility index (Phi) is 3.55. The van der Waals surface area contributed by atoms with Gasteiger partial charge in [0.2, 0.25) is 5.91 Å². The highest BCUT2D eigenvalue weighted by molar-refractivity contribution is 5.87. The zero-order valence-electron chi connectivity index (χ0n) is 12.5. The molecule has 0 saturated heterocycles. The molecule has 0 aliphatic heterocycles. The predicted molar refractivity (Wildman–Crippen MR) is 85.1 cm³/mol. The summed E-state index contributed by atoms with van der Waals surface area (Å²) in [6.07, 6.45) is 3.79. The van der Waals surface area contributed by atoms with Crippen LogP contribution in [0.15, 0.2) is 36.7 Å². The van der Waals surface area contributed by atoms with Gasteiger partial charge in [-0.2, -0.15) is 0 Å². The molecule has 110 valence electrons. The van der Waals surface area contributed by atoms with Crippen LogP contribution < -0.4 is 5.73 Å². The van der Waals surface area contributed by atoms with Crippen LogP contribution in [0, 0.1) is 13.8 Å². The number of amides is 1. The average Bonchev–Trinajstić information content (AvgIpc) is 2.48. The van der Waals surface area contributed by atoms with E-state index < -0.39 is 0 Å². The normalized spacial score (nSPS) is 10.8. The number of aromatic nitrogens is 3. The van der Waals surface area contributed by atoms with Crippen LogP contribution in [0.2, 0.25) is 0 Å². The molecular weight excluding hydrogens is 276 g/mol. The van der Waals surface area contributed by atoms with E-state index in [0.717, 1.165) is 39.1 Å². The number of rotatable bonds is 3. The van der Waals surface area contributed by atoms with E-state index in [0.29, 0.717) is 0 Å². The number of hydrogen-bond donors (Lipinski definition) is 1. The lowest BCUT2D eigenvalue weighted by molar-refractivity contribution is -0.117. The Morgan fingerprint density at radius 3 is 2.55 bits per heavy atom. The molecule has 22 heavy (non-hydrogen) atoms. The number of nitrogens with two attached hydrogens (primary N) is 1. The molecule has 0 aliphatic carbocycles. The van der Waals surface area contributed by atoms with E-state index >= 15 is 0 Å². The van der Waals surface area contributed by atoms with Gasteiger partial charge in [0.1, 0.15) is 5.82 Å². The van der Waals surface area contributed by atoms with Gasteiger partial charge in [-0.25, -0.2) is 15.0 Å². The molecular formula is C17H16N4O. The van der Waals surface area contributed by atoms with Crippen LogP contribution >= 0.6 is 0 Å². The van der Waals surface area contributed by atoms with Crippen LogP contribution in [-0.4, -0.2) is 20.9 Å². The summed E-state index contributed by atoms with van der Waals surface area (Å²) in [5, 5.41) is 1.02. The first-order chi connectivity index (χ1) is 10.5. The highest BCUT2D eigenvalue weighted by Gasteiger charge is 2.08. The monoisotopic (exact) mass is 292 g/mol. The quantitative estimate of drug-likeness (QED) is 0.803. The zero-order chi connectivity index (χ0) is 15.7. The molecule has 2 N–H and O–H groups in total. The second-order valence-corrected chi connectivity index (χ2v) is 5.34. The molecule has 5 nitrogen and oxygen atoms in total. The van der Waals surface area contributed by atoms with Gasteiger partial charge >= 0.3 is 0 Å². The van der Waals surface area contributed by atoms with E-state index in [1.807, 2.05) is 38.1 Å². The summed E-state index contributed by atoms with van der Waals surface area (Å²) in [6, 6.07) is 7.77. The number of carbonyl (C=O) groups excluding carboxylic acids is 1. The molecule has 0 aliphatic rings. The minimum atomic E-state index is -0.335. The number of pyridine rings is 1. The first-order valence-corrected chi connectivity index (χ1v) is 7.00. The van der Waals surface area contributed by atoms with E-state index in [9.17, 15) is 4.79 Å². The summed E-state index contributed by atoms with van der Waals surface area (Å²) in [5.41, 5.74) is 9.84. The number of aryl methyl sites for hydroxylation is 2. The summed E-state index contributed by atoms with van der Waals surface area (Å²) >= 11 is 0. The van der Waals surface area contributed by atoms with Crippen LogP contribution in [0.25, 0.3) is 22.2 Å². The first kappa shape index (κ1) is 14.1.